The van der Waals surface area contributed by atoms with Crippen LogP contribution >= 0.6 is 15.9 Å². The Kier molecular flexibility index (Phi) is 2.17. The van der Waals surface area contributed by atoms with Crippen molar-refractivity contribution in [3.63, 3.8) is 0 Å². The molecule has 0 atom stereocenters. The zero-order valence-electron chi connectivity index (χ0n) is 9.07. The average Bonchev–Trinajstić information content (AvgIpc) is 2.63. The molecule has 1 N–H and O–H groups in total. The molecule has 0 radical (unpaired) electrons. The lowest BCUT2D eigenvalue weighted by atomic mass is 9.78. The SMILES string of the molecule is CC1(Nc2nc(Br)cn3ccnc23)CCC1. The lowest BCUT2D eigenvalue weighted by Gasteiger charge is -2.39. The number of nitrogens with zero attached hydrogens (tertiary/aromatic N) is 3. The van der Waals surface area contributed by atoms with Crippen molar-refractivity contribution in [1.29, 1.82) is 0 Å². The Hall–Kier alpha value is -1.10. The average molecular weight is 281 g/mol. The molecular formula is C11H13BrN4. The summed E-state index contributed by atoms with van der Waals surface area (Å²) < 4.78 is 2.80. The minimum atomic E-state index is 0.195. The van der Waals surface area contributed by atoms with Crippen LogP contribution in [0.2, 0.25) is 0 Å². The van der Waals surface area contributed by atoms with Gasteiger partial charge in [-0.05, 0) is 42.1 Å². The van der Waals surface area contributed by atoms with E-state index in [2.05, 4.69) is 38.1 Å². The molecule has 0 amide bonds. The minimum absolute atomic E-state index is 0.195. The fraction of sp³-hybridized carbons (Fsp3) is 0.455. The van der Waals surface area contributed by atoms with Gasteiger partial charge in [0.05, 0.1) is 0 Å². The first-order valence-electron chi connectivity index (χ1n) is 5.44. The highest BCUT2D eigenvalue weighted by atomic mass is 79.9. The van der Waals surface area contributed by atoms with Gasteiger partial charge < -0.3 is 9.72 Å². The van der Waals surface area contributed by atoms with Gasteiger partial charge in [0.2, 0.25) is 0 Å². The van der Waals surface area contributed by atoms with Gasteiger partial charge in [0.1, 0.15) is 4.60 Å². The molecule has 1 aliphatic carbocycles. The second-order valence-electron chi connectivity index (χ2n) is 4.61. The Morgan fingerprint density at radius 2 is 2.31 bits per heavy atom. The van der Waals surface area contributed by atoms with Crippen LogP contribution in [-0.4, -0.2) is 19.9 Å². The van der Waals surface area contributed by atoms with Crippen molar-refractivity contribution in [2.24, 2.45) is 0 Å². The summed E-state index contributed by atoms with van der Waals surface area (Å²) in [6.45, 7) is 2.23. The fourth-order valence-corrected chi connectivity index (χ4v) is 2.50. The first kappa shape index (κ1) is 10.1. The molecule has 0 spiro atoms. The van der Waals surface area contributed by atoms with Gasteiger partial charge in [-0.25, -0.2) is 9.97 Å². The molecule has 4 nitrogen and oxygen atoms in total. The third-order valence-corrected chi connectivity index (χ3v) is 3.60. The molecule has 0 saturated heterocycles. The lowest BCUT2D eigenvalue weighted by molar-refractivity contribution is 0.306. The summed E-state index contributed by atoms with van der Waals surface area (Å²) in [6, 6.07) is 0. The summed E-state index contributed by atoms with van der Waals surface area (Å²) in [7, 11) is 0. The Labute approximate surface area is 102 Å². The normalized spacial score (nSPS) is 18.4. The van der Waals surface area contributed by atoms with Crippen LogP contribution < -0.4 is 5.32 Å². The van der Waals surface area contributed by atoms with Gasteiger partial charge >= 0.3 is 0 Å². The third kappa shape index (κ3) is 1.59. The summed E-state index contributed by atoms with van der Waals surface area (Å²) >= 11 is 3.42. The molecule has 16 heavy (non-hydrogen) atoms. The Bertz CT molecular complexity index is 530. The fourth-order valence-electron chi connectivity index (χ4n) is 2.10. The number of halogens is 1. The Morgan fingerprint density at radius 1 is 1.50 bits per heavy atom. The van der Waals surface area contributed by atoms with E-state index in [1.165, 1.54) is 19.3 Å². The Morgan fingerprint density at radius 3 is 3.00 bits per heavy atom. The monoisotopic (exact) mass is 280 g/mol. The zero-order chi connectivity index (χ0) is 11.2. The molecule has 84 valence electrons. The standard InChI is InChI=1S/C11H13BrN4/c1-11(3-2-4-11)15-9-10-13-5-6-16(10)7-8(12)14-9/h5-7H,2-4H2,1H3,(H,14,15). The van der Waals surface area contributed by atoms with Gasteiger partial charge in [-0.2, -0.15) is 0 Å². The van der Waals surface area contributed by atoms with Crippen LogP contribution in [0, 0.1) is 0 Å². The van der Waals surface area contributed by atoms with Crippen molar-refractivity contribution in [2.45, 2.75) is 31.7 Å². The van der Waals surface area contributed by atoms with E-state index in [4.69, 9.17) is 0 Å². The first-order chi connectivity index (χ1) is 7.66. The number of aromatic nitrogens is 3. The number of nitrogens with one attached hydrogen (secondary N) is 1. The predicted molar refractivity (Wildman–Crippen MR) is 66.6 cm³/mol. The number of imidazole rings is 1. The summed E-state index contributed by atoms with van der Waals surface area (Å²) in [5, 5.41) is 3.50. The quantitative estimate of drug-likeness (QED) is 0.920. The van der Waals surface area contributed by atoms with Crippen LogP contribution in [-0.2, 0) is 0 Å². The van der Waals surface area contributed by atoms with E-state index in [0.29, 0.717) is 0 Å². The zero-order valence-corrected chi connectivity index (χ0v) is 10.7. The lowest BCUT2D eigenvalue weighted by Crippen LogP contribution is -2.42. The molecule has 1 aliphatic rings. The van der Waals surface area contributed by atoms with Crippen LogP contribution in [0.1, 0.15) is 26.2 Å². The van der Waals surface area contributed by atoms with Crippen LogP contribution in [0.4, 0.5) is 5.82 Å². The van der Waals surface area contributed by atoms with E-state index < -0.39 is 0 Å². The van der Waals surface area contributed by atoms with E-state index in [-0.39, 0.29) is 5.54 Å². The van der Waals surface area contributed by atoms with Gasteiger partial charge in [0, 0.05) is 24.1 Å². The molecule has 3 rings (SSSR count). The number of rotatable bonds is 2. The topological polar surface area (TPSA) is 42.2 Å². The van der Waals surface area contributed by atoms with Crippen LogP contribution in [0.3, 0.4) is 0 Å². The second-order valence-corrected chi connectivity index (χ2v) is 5.42. The highest BCUT2D eigenvalue weighted by molar-refractivity contribution is 9.10. The molecule has 0 aliphatic heterocycles. The van der Waals surface area contributed by atoms with Crippen LogP contribution in [0.5, 0.6) is 0 Å². The number of hydrogen-bond donors (Lipinski definition) is 1. The van der Waals surface area contributed by atoms with Gasteiger partial charge in [0.15, 0.2) is 11.5 Å². The summed E-state index contributed by atoms with van der Waals surface area (Å²) in [5.74, 6) is 0.863. The highest BCUT2D eigenvalue weighted by Crippen LogP contribution is 2.35. The highest BCUT2D eigenvalue weighted by Gasteiger charge is 2.32. The van der Waals surface area contributed by atoms with Crippen LogP contribution in [0.25, 0.3) is 5.65 Å². The van der Waals surface area contributed by atoms with E-state index >= 15 is 0 Å². The largest absolute Gasteiger partial charge is 0.362 e. The molecule has 2 heterocycles. The first-order valence-corrected chi connectivity index (χ1v) is 6.23. The molecule has 1 saturated carbocycles. The van der Waals surface area contributed by atoms with Gasteiger partial charge in [0.25, 0.3) is 0 Å². The van der Waals surface area contributed by atoms with Crippen molar-refractivity contribution < 1.29 is 0 Å². The minimum Gasteiger partial charge on any atom is -0.362 e. The van der Waals surface area contributed by atoms with Gasteiger partial charge in [-0.1, -0.05) is 0 Å². The van der Waals surface area contributed by atoms with E-state index in [1.807, 2.05) is 16.8 Å². The number of fused-ring (bicyclic) bond motifs is 1. The molecular weight excluding hydrogens is 268 g/mol. The molecule has 2 aromatic heterocycles. The van der Waals surface area contributed by atoms with Crippen molar-refractivity contribution in [3.05, 3.63) is 23.2 Å². The van der Waals surface area contributed by atoms with Crippen LogP contribution in [0.15, 0.2) is 23.2 Å². The van der Waals surface area contributed by atoms with E-state index in [0.717, 1.165) is 16.1 Å². The second kappa shape index (κ2) is 3.45. The van der Waals surface area contributed by atoms with Crippen molar-refractivity contribution in [3.8, 4) is 0 Å². The molecule has 5 heteroatoms. The summed E-state index contributed by atoms with van der Waals surface area (Å²) in [4.78, 5) is 8.78. The van der Waals surface area contributed by atoms with Crippen molar-refractivity contribution in [1.82, 2.24) is 14.4 Å². The number of hydrogen-bond acceptors (Lipinski definition) is 3. The predicted octanol–water partition coefficient (Wildman–Crippen LogP) is 2.85. The third-order valence-electron chi connectivity index (χ3n) is 3.22. The summed E-state index contributed by atoms with van der Waals surface area (Å²) in [6.07, 6.45) is 9.33. The van der Waals surface area contributed by atoms with Gasteiger partial charge in [-0.3, -0.25) is 0 Å². The molecule has 2 aromatic rings. The van der Waals surface area contributed by atoms with Crippen molar-refractivity contribution in [2.75, 3.05) is 5.32 Å². The van der Waals surface area contributed by atoms with Crippen molar-refractivity contribution >= 4 is 27.4 Å². The maximum atomic E-state index is 4.46. The van der Waals surface area contributed by atoms with E-state index in [9.17, 15) is 0 Å². The Balaban J connectivity index is 2.04. The summed E-state index contributed by atoms with van der Waals surface area (Å²) in [5.41, 5.74) is 1.08. The molecule has 0 unspecified atom stereocenters. The molecule has 0 bridgehead atoms. The maximum Gasteiger partial charge on any atom is 0.180 e. The maximum absolute atomic E-state index is 4.46. The van der Waals surface area contributed by atoms with E-state index in [1.54, 1.807) is 6.20 Å². The molecule has 1 fully saturated rings. The smallest absolute Gasteiger partial charge is 0.180 e. The number of anilines is 1. The van der Waals surface area contributed by atoms with Gasteiger partial charge in [-0.15, -0.1) is 0 Å². The molecule has 0 aromatic carbocycles.